The number of aliphatic carboxylic acids is 1. The van der Waals surface area contributed by atoms with Gasteiger partial charge in [0.15, 0.2) is 0 Å². The first kappa shape index (κ1) is 44.9. The van der Waals surface area contributed by atoms with Crippen molar-refractivity contribution in [2.75, 3.05) is 13.1 Å². The second kappa shape index (κ2) is 21.7. The van der Waals surface area contributed by atoms with Gasteiger partial charge in [-0.05, 0) is 54.4 Å². The summed E-state index contributed by atoms with van der Waals surface area (Å²) in [6, 6.07) is 10.4. The van der Waals surface area contributed by atoms with Crippen molar-refractivity contribution in [3.8, 4) is 5.75 Å². The summed E-state index contributed by atoms with van der Waals surface area (Å²) in [5.74, 6) is -4.82. The molecule has 58 heavy (non-hydrogen) atoms. The molecule has 2 heterocycles. The van der Waals surface area contributed by atoms with E-state index < -0.39 is 77.6 Å². The van der Waals surface area contributed by atoms with Crippen LogP contribution in [0, 0.1) is 17.8 Å². The molecule has 0 saturated carbocycles. The molecule has 3 aromatic rings. The predicted molar refractivity (Wildman–Crippen MR) is 216 cm³/mol. The summed E-state index contributed by atoms with van der Waals surface area (Å²) >= 11 is 0. The fraction of sp³-hybridized carbons (Fsp3) is 0.500. The van der Waals surface area contributed by atoms with E-state index in [0.29, 0.717) is 30.5 Å². The minimum atomic E-state index is -1.18. The molecule has 4 rings (SSSR count). The molecule has 1 fully saturated rings. The number of nitrogens with two attached hydrogens (primary N) is 1. The first-order valence-electron chi connectivity index (χ1n) is 19.9. The number of hydrogen-bond acceptors (Lipinski definition) is 9. The van der Waals surface area contributed by atoms with Crippen LogP contribution in [0.2, 0.25) is 0 Å². The van der Waals surface area contributed by atoms with Gasteiger partial charge in [0.05, 0.1) is 24.4 Å². The Kier molecular flexibility index (Phi) is 16.8. The van der Waals surface area contributed by atoms with Crippen molar-refractivity contribution in [2.45, 2.75) is 103 Å². The summed E-state index contributed by atoms with van der Waals surface area (Å²) in [5, 5.41) is 30.8. The van der Waals surface area contributed by atoms with Gasteiger partial charge in [-0.25, -0.2) is 4.98 Å². The number of aromatic hydroxyl groups is 1. The molecule has 0 bridgehead atoms. The summed E-state index contributed by atoms with van der Waals surface area (Å²) in [6.45, 7) is 7.66. The topological polar surface area (TPSA) is 249 Å². The second-order valence-electron chi connectivity index (χ2n) is 15.4. The number of benzene rings is 2. The van der Waals surface area contributed by atoms with Crippen LogP contribution in [0.1, 0.15) is 70.2 Å². The van der Waals surface area contributed by atoms with E-state index in [1.807, 2.05) is 51.1 Å². The van der Waals surface area contributed by atoms with E-state index in [9.17, 15) is 39.0 Å². The minimum absolute atomic E-state index is 0.0229. The van der Waals surface area contributed by atoms with Crippen molar-refractivity contribution >= 4 is 35.5 Å². The monoisotopic (exact) mass is 802 g/mol. The summed E-state index contributed by atoms with van der Waals surface area (Å²) in [4.78, 5) is 90.1. The van der Waals surface area contributed by atoms with Gasteiger partial charge in [-0.1, -0.05) is 76.6 Å². The molecule has 9 N–H and O–H groups in total. The van der Waals surface area contributed by atoms with Crippen LogP contribution >= 0.6 is 0 Å². The first-order chi connectivity index (χ1) is 27.7. The Bertz CT molecular complexity index is 1820. The normalized spacial score (nSPS) is 17.0. The zero-order valence-corrected chi connectivity index (χ0v) is 33.6. The number of amides is 5. The highest BCUT2D eigenvalue weighted by Gasteiger charge is 2.40. The van der Waals surface area contributed by atoms with Crippen LogP contribution < -0.4 is 27.0 Å². The van der Waals surface area contributed by atoms with Gasteiger partial charge in [0, 0.05) is 38.2 Å². The third-order valence-corrected chi connectivity index (χ3v) is 10.7. The Morgan fingerprint density at radius 3 is 2.14 bits per heavy atom. The van der Waals surface area contributed by atoms with Gasteiger partial charge < -0.3 is 47.1 Å². The van der Waals surface area contributed by atoms with Crippen LogP contribution in [-0.4, -0.2) is 104 Å². The maximum absolute atomic E-state index is 14.4. The fourth-order valence-electron chi connectivity index (χ4n) is 7.15. The predicted octanol–water partition coefficient (Wildman–Crippen LogP) is 1.83. The van der Waals surface area contributed by atoms with Crippen LogP contribution in [0.3, 0.4) is 0 Å². The zero-order chi connectivity index (χ0) is 42.4. The van der Waals surface area contributed by atoms with Crippen LogP contribution in [0.25, 0.3) is 0 Å². The Labute approximate surface area is 339 Å². The van der Waals surface area contributed by atoms with E-state index >= 15 is 0 Å². The zero-order valence-electron chi connectivity index (χ0n) is 33.6. The Hall–Kier alpha value is -5.77. The van der Waals surface area contributed by atoms with Gasteiger partial charge in [-0.2, -0.15) is 0 Å². The highest BCUT2D eigenvalue weighted by Crippen LogP contribution is 2.21. The number of carbonyl (C=O) groups is 6. The summed E-state index contributed by atoms with van der Waals surface area (Å²) in [5.41, 5.74) is 7.88. The molecular formula is C42H58N8O8. The van der Waals surface area contributed by atoms with E-state index in [1.165, 1.54) is 23.4 Å². The molecule has 1 aliphatic heterocycles. The fourth-order valence-corrected chi connectivity index (χ4v) is 7.15. The van der Waals surface area contributed by atoms with Gasteiger partial charge in [-0.15, -0.1) is 0 Å². The second-order valence-corrected chi connectivity index (χ2v) is 15.4. The lowest BCUT2D eigenvalue weighted by Gasteiger charge is -2.32. The largest absolute Gasteiger partial charge is 0.508 e. The molecule has 0 radical (unpaired) electrons. The van der Waals surface area contributed by atoms with Crippen molar-refractivity contribution in [3.05, 3.63) is 83.9 Å². The van der Waals surface area contributed by atoms with Crippen molar-refractivity contribution < 1.29 is 39.0 Å². The average molecular weight is 803 g/mol. The maximum atomic E-state index is 14.4. The molecule has 1 aromatic heterocycles. The standard InChI is InChI=1S/C42H58N8O8/c1-5-26(4)37(49-39(55)33(19-28-13-15-31(51)16-14-28)47-38(54)32(22-43)25(2)3)41(57)48-34(20-30-23-44-24-45-30)42(58)50-17-9-12-35(50)40(56)46-29(21-36(52)53)18-27-10-7-6-8-11-27/h6-8,10-11,13-16,23-26,29,32-35,37,51H,5,9,12,17-22,43H2,1-4H3,(H,44,45)(H,46,56)(H,47,54)(H,48,57)(H,49,55)(H,52,53)/t26?,29-,32?,33-,34-,35-,37-/m0/s1. The number of nitrogens with one attached hydrogen (secondary N) is 5. The van der Waals surface area contributed by atoms with Crippen LogP contribution in [0.4, 0.5) is 0 Å². The molecule has 7 atom stereocenters. The lowest BCUT2D eigenvalue weighted by molar-refractivity contribution is -0.142. The number of carbonyl (C=O) groups excluding carboxylic acids is 5. The van der Waals surface area contributed by atoms with Gasteiger partial charge in [0.1, 0.15) is 29.9 Å². The minimum Gasteiger partial charge on any atom is -0.508 e. The van der Waals surface area contributed by atoms with Crippen molar-refractivity contribution in [2.24, 2.45) is 23.5 Å². The number of imidazole rings is 1. The molecule has 314 valence electrons. The number of carboxylic acid groups (broad SMARTS) is 1. The summed E-state index contributed by atoms with van der Waals surface area (Å²) in [7, 11) is 0. The quantitative estimate of drug-likeness (QED) is 0.0776. The number of hydrogen-bond donors (Lipinski definition) is 8. The van der Waals surface area contributed by atoms with Crippen LogP contribution in [-0.2, 0) is 48.0 Å². The summed E-state index contributed by atoms with van der Waals surface area (Å²) in [6.07, 6.45) is 4.37. The van der Waals surface area contributed by atoms with E-state index in [4.69, 9.17) is 5.73 Å². The highest BCUT2D eigenvalue weighted by atomic mass is 16.4. The molecule has 5 amide bonds. The SMILES string of the molecule is CCC(C)[C@H](NC(=O)[C@H](Cc1ccc(O)cc1)NC(=O)C(CN)C(C)C)C(=O)N[C@@H](Cc1c[nH]cn1)C(=O)N1CCC[C@H]1C(=O)N[C@H](CC(=O)O)Cc1ccccc1. The molecule has 16 nitrogen and oxygen atoms in total. The van der Waals surface area contributed by atoms with E-state index in [1.54, 1.807) is 25.3 Å². The number of nitrogens with zero attached hydrogens (tertiary/aromatic N) is 2. The Balaban J connectivity index is 1.56. The van der Waals surface area contributed by atoms with E-state index in [0.717, 1.165) is 5.56 Å². The number of carboxylic acids is 1. The van der Waals surface area contributed by atoms with E-state index in [-0.39, 0.29) is 50.4 Å². The molecule has 0 spiro atoms. The number of aromatic amines is 1. The lowest BCUT2D eigenvalue weighted by Crippen LogP contribution is -2.60. The van der Waals surface area contributed by atoms with Crippen molar-refractivity contribution in [1.29, 1.82) is 0 Å². The third-order valence-electron chi connectivity index (χ3n) is 10.7. The summed E-state index contributed by atoms with van der Waals surface area (Å²) < 4.78 is 0. The number of phenols is 1. The number of phenolic OH excluding ortho intramolecular Hbond substituents is 1. The highest BCUT2D eigenvalue weighted by molar-refractivity contribution is 5.96. The number of H-pyrrole nitrogens is 1. The number of aromatic nitrogens is 2. The Morgan fingerprint density at radius 1 is 0.862 bits per heavy atom. The number of likely N-dealkylation sites (tertiary alicyclic amines) is 1. The third kappa shape index (κ3) is 12.9. The molecule has 1 saturated heterocycles. The number of rotatable bonds is 21. The maximum Gasteiger partial charge on any atom is 0.305 e. The van der Waals surface area contributed by atoms with Gasteiger partial charge in [0.2, 0.25) is 29.5 Å². The molecule has 16 heteroatoms. The average Bonchev–Trinajstić information content (AvgIpc) is 3.90. The molecular weight excluding hydrogens is 745 g/mol. The van der Waals surface area contributed by atoms with Crippen molar-refractivity contribution in [1.82, 2.24) is 36.1 Å². The van der Waals surface area contributed by atoms with E-state index in [2.05, 4.69) is 31.2 Å². The lowest BCUT2D eigenvalue weighted by atomic mass is 9.93. The molecule has 2 aromatic carbocycles. The van der Waals surface area contributed by atoms with Crippen LogP contribution in [0.5, 0.6) is 5.75 Å². The molecule has 2 unspecified atom stereocenters. The van der Waals surface area contributed by atoms with Crippen molar-refractivity contribution in [3.63, 3.8) is 0 Å². The van der Waals surface area contributed by atoms with Gasteiger partial charge in [-0.3, -0.25) is 28.8 Å². The van der Waals surface area contributed by atoms with Crippen LogP contribution in [0.15, 0.2) is 67.1 Å². The molecule has 0 aliphatic carbocycles. The Morgan fingerprint density at radius 2 is 1.53 bits per heavy atom. The smallest absolute Gasteiger partial charge is 0.305 e. The van der Waals surface area contributed by atoms with Gasteiger partial charge in [0.25, 0.3) is 0 Å². The molecule has 1 aliphatic rings. The van der Waals surface area contributed by atoms with Gasteiger partial charge >= 0.3 is 5.97 Å². The first-order valence-corrected chi connectivity index (χ1v) is 19.9.